The highest BCUT2D eigenvalue weighted by Gasteiger charge is 2.26. The van der Waals surface area contributed by atoms with Crippen molar-refractivity contribution in [3.05, 3.63) is 0 Å². The summed E-state index contributed by atoms with van der Waals surface area (Å²) in [5.74, 6) is 0.573. The largest absolute Gasteiger partial charge is 0.379 e. The first-order valence-electron chi connectivity index (χ1n) is 5.12. The molecule has 0 aliphatic heterocycles. The van der Waals surface area contributed by atoms with Gasteiger partial charge in [0.15, 0.2) is 0 Å². The predicted octanol–water partition coefficient (Wildman–Crippen LogP) is 1.17. The van der Waals surface area contributed by atoms with Crippen molar-refractivity contribution in [2.24, 2.45) is 11.7 Å². The van der Waals surface area contributed by atoms with E-state index in [0.717, 1.165) is 13.0 Å². The van der Waals surface area contributed by atoms with Gasteiger partial charge in [-0.05, 0) is 32.2 Å². The quantitative estimate of drug-likeness (QED) is 0.702. The lowest BCUT2D eigenvalue weighted by atomic mass is 10.1. The van der Waals surface area contributed by atoms with Crippen molar-refractivity contribution >= 4 is 0 Å². The molecule has 0 radical (unpaired) electrons. The summed E-state index contributed by atoms with van der Waals surface area (Å²) in [4.78, 5) is 0. The number of methoxy groups -OCH3 is 1. The van der Waals surface area contributed by atoms with E-state index >= 15 is 0 Å². The lowest BCUT2D eigenvalue weighted by Gasteiger charge is -2.20. The summed E-state index contributed by atoms with van der Waals surface area (Å²) in [5.41, 5.74) is 5.65. The zero-order valence-electron chi connectivity index (χ0n) is 8.66. The van der Waals surface area contributed by atoms with Crippen LogP contribution >= 0.6 is 0 Å². The lowest BCUT2D eigenvalue weighted by Crippen LogP contribution is -2.28. The molecule has 0 bridgehead atoms. The van der Waals surface area contributed by atoms with Gasteiger partial charge in [0, 0.05) is 7.11 Å². The van der Waals surface area contributed by atoms with Crippen LogP contribution in [0.2, 0.25) is 0 Å². The number of rotatable bonds is 5. The summed E-state index contributed by atoms with van der Waals surface area (Å²) in [6, 6.07) is 0. The van der Waals surface area contributed by atoms with Crippen LogP contribution in [0.3, 0.4) is 0 Å². The van der Waals surface area contributed by atoms with Crippen LogP contribution in [0, 0.1) is 5.92 Å². The van der Waals surface area contributed by atoms with Crippen molar-refractivity contribution in [3.63, 3.8) is 0 Å². The van der Waals surface area contributed by atoms with Crippen LogP contribution in [-0.2, 0) is 9.47 Å². The van der Waals surface area contributed by atoms with E-state index in [1.807, 2.05) is 6.92 Å². The molecule has 0 amide bonds. The number of ether oxygens (including phenoxy) is 2. The molecule has 13 heavy (non-hydrogen) atoms. The number of hydrogen-bond donors (Lipinski definition) is 1. The Balaban J connectivity index is 2.19. The van der Waals surface area contributed by atoms with Crippen LogP contribution in [0.5, 0.6) is 0 Å². The van der Waals surface area contributed by atoms with Gasteiger partial charge in [0.25, 0.3) is 0 Å². The van der Waals surface area contributed by atoms with E-state index in [4.69, 9.17) is 15.2 Å². The molecule has 0 spiro atoms. The average molecular weight is 187 g/mol. The third-order valence-electron chi connectivity index (χ3n) is 2.84. The Kier molecular flexibility index (Phi) is 4.70. The Hall–Kier alpha value is -0.120. The van der Waals surface area contributed by atoms with Crippen LogP contribution < -0.4 is 5.73 Å². The molecule has 1 aliphatic rings. The molecular formula is C10H21NO2. The lowest BCUT2D eigenvalue weighted by molar-refractivity contribution is -0.0318. The van der Waals surface area contributed by atoms with Crippen LogP contribution in [0.4, 0.5) is 0 Å². The predicted molar refractivity (Wildman–Crippen MR) is 52.6 cm³/mol. The van der Waals surface area contributed by atoms with E-state index in [2.05, 4.69) is 0 Å². The first-order valence-corrected chi connectivity index (χ1v) is 5.12. The molecule has 2 N–H and O–H groups in total. The van der Waals surface area contributed by atoms with Gasteiger partial charge < -0.3 is 15.2 Å². The molecule has 0 heterocycles. The SMILES string of the molecule is COC(C)COC1CCCC1CN. The first-order chi connectivity index (χ1) is 6.27. The average Bonchev–Trinajstić information content (AvgIpc) is 2.61. The van der Waals surface area contributed by atoms with Gasteiger partial charge in [-0.25, -0.2) is 0 Å². The van der Waals surface area contributed by atoms with Gasteiger partial charge in [0.1, 0.15) is 0 Å². The van der Waals surface area contributed by atoms with Gasteiger partial charge >= 0.3 is 0 Å². The maximum absolute atomic E-state index is 5.75. The van der Waals surface area contributed by atoms with E-state index in [9.17, 15) is 0 Å². The van der Waals surface area contributed by atoms with Crippen LogP contribution in [-0.4, -0.2) is 32.5 Å². The third-order valence-corrected chi connectivity index (χ3v) is 2.84. The summed E-state index contributed by atoms with van der Waals surface area (Å²) in [7, 11) is 1.71. The Morgan fingerprint density at radius 2 is 2.23 bits per heavy atom. The molecule has 1 rings (SSSR count). The summed E-state index contributed by atoms with van der Waals surface area (Å²) < 4.78 is 10.9. The second kappa shape index (κ2) is 5.58. The summed E-state index contributed by atoms with van der Waals surface area (Å²) in [6.07, 6.45) is 4.22. The monoisotopic (exact) mass is 187 g/mol. The normalized spacial score (nSPS) is 30.7. The van der Waals surface area contributed by atoms with Crippen molar-refractivity contribution in [1.29, 1.82) is 0 Å². The Labute approximate surface area is 80.6 Å². The molecule has 1 fully saturated rings. The summed E-state index contributed by atoms with van der Waals surface area (Å²) in [6.45, 7) is 3.47. The highest BCUT2D eigenvalue weighted by molar-refractivity contribution is 4.78. The van der Waals surface area contributed by atoms with Crippen molar-refractivity contribution < 1.29 is 9.47 Å². The number of nitrogens with two attached hydrogens (primary N) is 1. The van der Waals surface area contributed by atoms with E-state index < -0.39 is 0 Å². The molecule has 3 heteroatoms. The summed E-state index contributed by atoms with van der Waals surface area (Å²) in [5, 5.41) is 0. The van der Waals surface area contributed by atoms with Gasteiger partial charge in [-0.3, -0.25) is 0 Å². The molecule has 0 aromatic carbocycles. The Morgan fingerprint density at radius 3 is 2.85 bits per heavy atom. The molecule has 0 saturated heterocycles. The minimum atomic E-state index is 0.194. The molecule has 3 unspecified atom stereocenters. The maximum Gasteiger partial charge on any atom is 0.0776 e. The van der Waals surface area contributed by atoms with Gasteiger partial charge in [-0.15, -0.1) is 0 Å². The maximum atomic E-state index is 5.75. The number of hydrogen-bond acceptors (Lipinski definition) is 3. The molecule has 1 aliphatic carbocycles. The second-order valence-electron chi connectivity index (χ2n) is 3.84. The second-order valence-corrected chi connectivity index (χ2v) is 3.84. The first kappa shape index (κ1) is 11.0. The van der Waals surface area contributed by atoms with Gasteiger partial charge in [-0.1, -0.05) is 6.42 Å². The smallest absolute Gasteiger partial charge is 0.0776 e. The van der Waals surface area contributed by atoms with Gasteiger partial charge in [-0.2, -0.15) is 0 Å². The van der Waals surface area contributed by atoms with E-state index in [1.54, 1.807) is 7.11 Å². The fourth-order valence-corrected chi connectivity index (χ4v) is 1.82. The highest BCUT2D eigenvalue weighted by atomic mass is 16.5. The van der Waals surface area contributed by atoms with Gasteiger partial charge in [0.05, 0.1) is 18.8 Å². The fraction of sp³-hybridized carbons (Fsp3) is 1.00. The third kappa shape index (κ3) is 3.25. The van der Waals surface area contributed by atoms with Crippen LogP contribution in [0.25, 0.3) is 0 Å². The van der Waals surface area contributed by atoms with Crippen molar-refractivity contribution in [3.8, 4) is 0 Å². The minimum absolute atomic E-state index is 0.194. The van der Waals surface area contributed by atoms with E-state index in [0.29, 0.717) is 18.6 Å². The van der Waals surface area contributed by atoms with Crippen molar-refractivity contribution in [1.82, 2.24) is 0 Å². The molecular weight excluding hydrogens is 166 g/mol. The fourth-order valence-electron chi connectivity index (χ4n) is 1.82. The molecule has 3 atom stereocenters. The standard InChI is InChI=1S/C10H21NO2/c1-8(12-2)7-13-10-5-3-4-9(10)6-11/h8-10H,3-7,11H2,1-2H3. The highest BCUT2D eigenvalue weighted by Crippen LogP contribution is 2.27. The zero-order chi connectivity index (χ0) is 9.68. The van der Waals surface area contributed by atoms with E-state index in [1.165, 1.54) is 12.8 Å². The molecule has 78 valence electrons. The van der Waals surface area contributed by atoms with Crippen molar-refractivity contribution in [2.75, 3.05) is 20.3 Å². The van der Waals surface area contributed by atoms with Crippen LogP contribution in [0.15, 0.2) is 0 Å². The Bertz CT molecular complexity index is 141. The topological polar surface area (TPSA) is 44.5 Å². The van der Waals surface area contributed by atoms with Crippen LogP contribution in [0.1, 0.15) is 26.2 Å². The Morgan fingerprint density at radius 1 is 1.46 bits per heavy atom. The van der Waals surface area contributed by atoms with E-state index in [-0.39, 0.29) is 6.10 Å². The molecule has 3 nitrogen and oxygen atoms in total. The minimum Gasteiger partial charge on any atom is -0.379 e. The molecule has 1 saturated carbocycles. The molecule has 0 aromatic heterocycles. The zero-order valence-corrected chi connectivity index (χ0v) is 8.66. The molecule has 0 aromatic rings. The summed E-state index contributed by atoms with van der Waals surface area (Å²) >= 11 is 0. The van der Waals surface area contributed by atoms with Crippen molar-refractivity contribution in [2.45, 2.75) is 38.4 Å². The van der Waals surface area contributed by atoms with Gasteiger partial charge in [0.2, 0.25) is 0 Å².